The van der Waals surface area contributed by atoms with E-state index in [-0.39, 0.29) is 0 Å². The molecular weight excluding hydrogens is 206 g/mol. The van der Waals surface area contributed by atoms with Gasteiger partial charge in [0.2, 0.25) is 6.08 Å². The lowest BCUT2D eigenvalue weighted by Gasteiger charge is -2.18. The minimum absolute atomic E-state index is 0.444. The molecule has 13 heavy (non-hydrogen) atoms. The molecule has 0 aliphatic carbocycles. The molecule has 0 spiro atoms. The fourth-order valence-electron chi connectivity index (χ4n) is 0.943. The molecule has 76 valence electrons. The molecule has 0 aliphatic heterocycles. The Hall–Kier alpha value is -0.306. The first kappa shape index (κ1) is 12.7. The Kier molecular flexibility index (Phi) is 6.05. The van der Waals surface area contributed by atoms with Crippen molar-refractivity contribution < 1.29 is 18.5 Å². The highest BCUT2D eigenvalue weighted by Crippen LogP contribution is 2.04. The van der Waals surface area contributed by atoms with E-state index in [0.29, 0.717) is 6.54 Å². The summed E-state index contributed by atoms with van der Waals surface area (Å²) in [6.07, 6.45) is 2.19. The van der Waals surface area contributed by atoms with Gasteiger partial charge in [0.15, 0.2) is 9.04 Å². The minimum Gasteiger partial charge on any atom is -0.419 e. The van der Waals surface area contributed by atoms with Gasteiger partial charge in [0, 0.05) is 6.55 Å². The number of carbonyl (C=O) groups excluding carboxylic acids is 1. The van der Waals surface area contributed by atoms with Crippen LogP contribution in [-0.4, -0.2) is 40.1 Å². The summed E-state index contributed by atoms with van der Waals surface area (Å²) in [5.74, 6) is 0. The first-order valence-electron chi connectivity index (χ1n) is 4.12. The van der Waals surface area contributed by atoms with Crippen LogP contribution in [0.25, 0.3) is 0 Å². The monoisotopic (exact) mass is 221 g/mol. The van der Waals surface area contributed by atoms with Crippen LogP contribution in [0, 0.1) is 0 Å². The van der Waals surface area contributed by atoms with Crippen molar-refractivity contribution in [1.29, 1.82) is 0 Å². The number of hydrogen-bond donors (Lipinski definition) is 2. The zero-order valence-corrected chi connectivity index (χ0v) is 10.0. The molecule has 7 heteroatoms. The molecule has 0 amide bonds. The van der Waals surface area contributed by atoms with Crippen LogP contribution in [0.2, 0.25) is 19.1 Å². The summed E-state index contributed by atoms with van der Waals surface area (Å²) >= 11 is 0. The quantitative estimate of drug-likeness (QED) is 0.278. The normalized spacial score (nSPS) is 13.5. The van der Waals surface area contributed by atoms with E-state index in [9.17, 15) is 4.79 Å². The second kappa shape index (κ2) is 6.19. The van der Waals surface area contributed by atoms with E-state index < -0.39 is 17.8 Å². The van der Waals surface area contributed by atoms with Crippen LogP contribution in [0.15, 0.2) is 4.99 Å². The van der Waals surface area contributed by atoms with Crippen LogP contribution in [0.3, 0.4) is 0 Å². The van der Waals surface area contributed by atoms with Crippen LogP contribution in [0.5, 0.6) is 0 Å². The molecule has 0 heterocycles. The predicted octanol–water partition coefficient (Wildman–Crippen LogP) is -0.364. The molecule has 0 fully saturated rings. The highest BCUT2D eigenvalue weighted by Gasteiger charge is 2.26. The van der Waals surface area contributed by atoms with Gasteiger partial charge in [0.25, 0.3) is 0 Å². The molecular formula is C6H15NO4Si2. The summed E-state index contributed by atoms with van der Waals surface area (Å²) in [5, 5.41) is 0. The Morgan fingerprint density at radius 2 is 2.23 bits per heavy atom. The molecule has 0 aliphatic rings. The maximum absolute atomic E-state index is 9.69. The first-order valence-corrected chi connectivity index (χ1v) is 8.86. The Morgan fingerprint density at radius 3 is 2.69 bits per heavy atom. The molecule has 0 saturated heterocycles. The topological polar surface area (TPSA) is 79.1 Å². The second-order valence-corrected chi connectivity index (χ2v) is 7.99. The molecule has 0 rings (SSSR count). The Labute approximate surface area is 80.2 Å². The molecule has 5 nitrogen and oxygen atoms in total. The zero-order valence-electron chi connectivity index (χ0n) is 7.86. The summed E-state index contributed by atoms with van der Waals surface area (Å²) < 4.78 is 5.07. The summed E-state index contributed by atoms with van der Waals surface area (Å²) in [7, 11) is -4.83. The van der Waals surface area contributed by atoms with Crippen LogP contribution in [0.4, 0.5) is 0 Å². The molecule has 2 N–H and O–H groups in total. The van der Waals surface area contributed by atoms with Crippen LogP contribution >= 0.6 is 0 Å². The number of nitrogens with zero attached hydrogens (tertiary/aromatic N) is 1. The third-order valence-electron chi connectivity index (χ3n) is 1.37. The summed E-state index contributed by atoms with van der Waals surface area (Å²) in [6.45, 7) is 3.65. The first-order chi connectivity index (χ1) is 5.95. The van der Waals surface area contributed by atoms with Gasteiger partial charge in [-0.3, -0.25) is 0 Å². The molecule has 0 radical (unpaired) electrons. The van der Waals surface area contributed by atoms with E-state index in [1.54, 1.807) is 0 Å². The Morgan fingerprint density at radius 1 is 1.62 bits per heavy atom. The Bertz CT molecular complexity index is 188. The van der Waals surface area contributed by atoms with Crippen molar-refractivity contribution in [3.63, 3.8) is 0 Å². The lowest BCUT2D eigenvalue weighted by molar-refractivity contribution is 0.251. The van der Waals surface area contributed by atoms with Crippen molar-refractivity contribution in [2.45, 2.75) is 25.6 Å². The molecule has 0 bridgehead atoms. The average molecular weight is 221 g/mol. The fraction of sp³-hybridized carbons (Fsp3) is 0.833. The lowest BCUT2D eigenvalue weighted by atomic mass is 10.5. The molecule has 0 aromatic rings. The number of rotatable bonds is 6. The van der Waals surface area contributed by atoms with E-state index in [1.807, 2.05) is 6.55 Å². The van der Waals surface area contributed by atoms with Crippen LogP contribution in [0.1, 0.15) is 6.42 Å². The Balaban J connectivity index is 3.51. The van der Waals surface area contributed by atoms with Crippen LogP contribution in [-0.2, 0) is 8.91 Å². The second-order valence-electron chi connectivity index (χ2n) is 2.98. The van der Waals surface area contributed by atoms with Crippen molar-refractivity contribution >= 4 is 23.9 Å². The number of hydrogen-bond acceptors (Lipinski definition) is 5. The van der Waals surface area contributed by atoms with Crippen LogP contribution < -0.4 is 0 Å². The summed E-state index contributed by atoms with van der Waals surface area (Å²) in [5.41, 5.74) is 0. The van der Waals surface area contributed by atoms with Crippen molar-refractivity contribution in [2.24, 2.45) is 4.99 Å². The maximum Gasteiger partial charge on any atom is 0.481 e. The van der Waals surface area contributed by atoms with Gasteiger partial charge in [-0.2, -0.15) is 0 Å². The minimum atomic E-state index is -3.34. The third-order valence-corrected chi connectivity index (χ3v) is 5.99. The summed E-state index contributed by atoms with van der Waals surface area (Å²) in [6, 6.07) is 0.787. The van der Waals surface area contributed by atoms with Crippen molar-refractivity contribution in [3.8, 4) is 0 Å². The van der Waals surface area contributed by atoms with Gasteiger partial charge in [0.1, 0.15) is 0 Å². The highest BCUT2D eigenvalue weighted by molar-refractivity contribution is 6.68. The van der Waals surface area contributed by atoms with Crippen molar-refractivity contribution in [3.05, 3.63) is 0 Å². The predicted molar refractivity (Wildman–Crippen MR) is 52.6 cm³/mol. The van der Waals surface area contributed by atoms with Gasteiger partial charge in [-0.25, -0.2) is 9.79 Å². The van der Waals surface area contributed by atoms with Gasteiger partial charge in [0.05, 0.1) is 6.54 Å². The van der Waals surface area contributed by atoms with Gasteiger partial charge < -0.3 is 13.7 Å². The van der Waals surface area contributed by atoms with Gasteiger partial charge in [-0.05, 0) is 19.0 Å². The fourth-order valence-corrected chi connectivity index (χ4v) is 5.22. The molecule has 1 unspecified atom stereocenters. The largest absolute Gasteiger partial charge is 0.481 e. The van der Waals surface area contributed by atoms with E-state index >= 15 is 0 Å². The smallest absolute Gasteiger partial charge is 0.419 e. The third kappa shape index (κ3) is 9.61. The summed E-state index contributed by atoms with van der Waals surface area (Å²) in [4.78, 5) is 31.1. The number of isocyanates is 1. The number of aliphatic imine (C=N–C) groups is 1. The zero-order chi connectivity index (χ0) is 10.3. The molecule has 0 saturated carbocycles. The van der Waals surface area contributed by atoms with Crippen molar-refractivity contribution in [2.75, 3.05) is 6.54 Å². The standard InChI is InChI=1S/C6H15NO4Si2/c1-12(11-13(2,9)10)5-3-4-7-6-8/h9-10,12H,3-5H2,1-2H3. The maximum atomic E-state index is 9.69. The molecule has 1 atom stereocenters. The van der Waals surface area contributed by atoms with Gasteiger partial charge >= 0.3 is 8.80 Å². The van der Waals surface area contributed by atoms with E-state index in [1.165, 1.54) is 12.6 Å². The van der Waals surface area contributed by atoms with E-state index in [0.717, 1.165) is 12.5 Å². The van der Waals surface area contributed by atoms with E-state index in [4.69, 9.17) is 13.7 Å². The average Bonchev–Trinajstić information content (AvgIpc) is 1.94. The van der Waals surface area contributed by atoms with Gasteiger partial charge in [-0.15, -0.1) is 0 Å². The molecule has 0 aromatic carbocycles. The highest BCUT2D eigenvalue weighted by atomic mass is 28.4. The van der Waals surface area contributed by atoms with Gasteiger partial charge in [-0.1, -0.05) is 0 Å². The van der Waals surface area contributed by atoms with E-state index in [2.05, 4.69) is 4.99 Å². The lowest BCUT2D eigenvalue weighted by Crippen LogP contribution is -2.39. The SMILES string of the molecule is C[SiH](CCCN=C=O)O[Si](C)(O)O. The van der Waals surface area contributed by atoms with Crippen molar-refractivity contribution in [1.82, 2.24) is 0 Å². The molecule has 0 aromatic heterocycles.